The molecule has 45 heavy (non-hydrogen) atoms. The molecule has 1 aromatic carbocycles. The first-order valence-electron chi connectivity index (χ1n) is 15.8. The Balaban J connectivity index is 2.63. The molecule has 1 aromatic rings. The van der Waals surface area contributed by atoms with E-state index in [0.717, 1.165) is 16.7 Å². The molecule has 0 aliphatic heterocycles. The van der Waals surface area contributed by atoms with Crippen molar-refractivity contribution in [2.45, 2.75) is 40.6 Å². The fourth-order valence-electron chi connectivity index (χ4n) is 4.31. The first-order valence-corrected chi connectivity index (χ1v) is 15.8. The number of hydrogen-bond acceptors (Lipinski definition) is 12. The molecule has 0 radical (unpaired) electrons. The second-order valence-corrected chi connectivity index (χ2v) is 10.1. The lowest BCUT2D eigenvalue weighted by Crippen LogP contribution is -2.15. The maximum atomic E-state index is 6.04. The van der Waals surface area contributed by atoms with Crippen molar-refractivity contribution in [1.29, 1.82) is 0 Å². The Morgan fingerprint density at radius 1 is 0.267 bits per heavy atom. The summed E-state index contributed by atoms with van der Waals surface area (Å²) in [5, 5.41) is 0. The molecular weight excluding hydrogens is 588 g/mol. The molecule has 0 spiro atoms. The van der Waals surface area contributed by atoms with Crippen LogP contribution in [0, 0.1) is 20.8 Å². The lowest BCUT2D eigenvalue weighted by atomic mass is 9.89. The van der Waals surface area contributed by atoms with Crippen LogP contribution in [-0.2, 0) is 76.7 Å². The Kier molecular flexibility index (Phi) is 27.9. The molecular formula is C33H60O12. The fourth-order valence-corrected chi connectivity index (χ4v) is 4.31. The first-order chi connectivity index (χ1) is 22.1. The second-order valence-electron chi connectivity index (χ2n) is 10.1. The molecule has 0 aromatic heterocycles. The van der Waals surface area contributed by atoms with Crippen LogP contribution in [0.2, 0.25) is 0 Å². The Labute approximate surface area is 271 Å². The quantitative estimate of drug-likeness (QED) is 0.104. The Bertz CT molecular complexity index is 698. The molecule has 0 amide bonds. The predicted molar refractivity (Wildman–Crippen MR) is 170 cm³/mol. The summed E-state index contributed by atoms with van der Waals surface area (Å²) in [6, 6.07) is 0. The highest BCUT2D eigenvalue weighted by Gasteiger charge is 2.18. The molecule has 0 atom stereocenters. The highest BCUT2D eigenvalue weighted by atomic mass is 16.6. The van der Waals surface area contributed by atoms with Crippen molar-refractivity contribution in [3.63, 3.8) is 0 Å². The van der Waals surface area contributed by atoms with Crippen LogP contribution in [0.15, 0.2) is 0 Å². The molecule has 0 N–H and O–H groups in total. The number of rotatable bonds is 33. The van der Waals surface area contributed by atoms with Gasteiger partial charge in [0.25, 0.3) is 0 Å². The van der Waals surface area contributed by atoms with E-state index in [1.165, 1.54) is 16.7 Å². The summed E-state index contributed by atoms with van der Waals surface area (Å²) in [7, 11) is 4.96. The van der Waals surface area contributed by atoms with E-state index in [2.05, 4.69) is 20.8 Å². The van der Waals surface area contributed by atoms with E-state index in [9.17, 15) is 0 Å². The Hall–Kier alpha value is -1.26. The van der Waals surface area contributed by atoms with Gasteiger partial charge in [0.15, 0.2) is 0 Å². The van der Waals surface area contributed by atoms with Gasteiger partial charge in [0.05, 0.1) is 139 Å². The van der Waals surface area contributed by atoms with Crippen molar-refractivity contribution in [1.82, 2.24) is 0 Å². The summed E-state index contributed by atoms with van der Waals surface area (Å²) in [5.41, 5.74) is 6.96. The van der Waals surface area contributed by atoms with Crippen LogP contribution >= 0.6 is 0 Å². The lowest BCUT2D eigenvalue weighted by Gasteiger charge is -2.23. The van der Waals surface area contributed by atoms with Crippen molar-refractivity contribution >= 4 is 0 Å². The van der Waals surface area contributed by atoms with E-state index in [1.54, 1.807) is 21.3 Å². The van der Waals surface area contributed by atoms with Gasteiger partial charge in [-0.1, -0.05) is 0 Å². The van der Waals surface area contributed by atoms with Gasteiger partial charge in [-0.25, -0.2) is 0 Å². The molecule has 12 heteroatoms. The molecule has 0 heterocycles. The van der Waals surface area contributed by atoms with Crippen LogP contribution in [0.25, 0.3) is 0 Å². The number of hydrogen-bond donors (Lipinski definition) is 0. The highest BCUT2D eigenvalue weighted by molar-refractivity contribution is 5.50. The highest BCUT2D eigenvalue weighted by Crippen LogP contribution is 2.29. The van der Waals surface area contributed by atoms with Crippen LogP contribution in [0.1, 0.15) is 33.4 Å². The van der Waals surface area contributed by atoms with E-state index < -0.39 is 0 Å². The minimum Gasteiger partial charge on any atom is -0.382 e. The number of methoxy groups -OCH3 is 3. The summed E-state index contributed by atoms with van der Waals surface area (Å²) >= 11 is 0. The van der Waals surface area contributed by atoms with Crippen LogP contribution in [0.5, 0.6) is 0 Å². The summed E-state index contributed by atoms with van der Waals surface area (Å²) in [4.78, 5) is 0. The van der Waals surface area contributed by atoms with E-state index >= 15 is 0 Å². The largest absolute Gasteiger partial charge is 0.382 e. The smallest absolute Gasteiger partial charge is 0.0723 e. The van der Waals surface area contributed by atoms with Crippen LogP contribution in [-0.4, -0.2) is 140 Å². The third-order valence-corrected chi connectivity index (χ3v) is 6.98. The summed E-state index contributed by atoms with van der Waals surface area (Å²) in [6.45, 7) is 17.4. The van der Waals surface area contributed by atoms with Crippen molar-refractivity contribution in [3.8, 4) is 0 Å². The van der Waals surface area contributed by atoms with Crippen molar-refractivity contribution in [2.75, 3.05) is 140 Å². The summed E-state index contributed by atoms with van der Waals surface area (Å²) in [5.74, 6) is 0. The van der Waals surface area contributed by atoms with E-state index in [1.807, 2.05) is 0 Å². The van der Waals surface area contributed by atoms with Crippen molar-refractivity contribution in [3.05, 3.63) is 33.4 Å². The normalized spacial score (nSPS) is 11.6. The van der Waals surface area contributed by atoms with Crippen LogP contribution in [0.4, 0.5) is 0 Å². The molecule has 0 bridgehead atoms. The van der Waals surface area contributed by atoms with Gasteiger partial charge in [-0.05, 0) is 54.2 Å². The zero-order valence-corrected chi connectivity index (χ0v) is 28.7. The molecule has 0 fully saturated rings. The molecule has 264 valence electrons. The molecule has 0 saturated heterocycles. The number of ether oxygens (including phenoxy) is 12. The molecule has 0 saturated carbocycles. The minimum absolute atomic E-state index is 0.476. The zero-order chi connectivity index (χ0) is 32.8. The lowest BCUT2D eigenvalue weighted by molar-refractivity contribution is -0.000766. The van der Waals surface area contributed by atoms with E-state index in [0.29, 0.717) is 139 Å². The minimum atomic E-state index is 0.476. The van der Waals surface area contributed by atoms with E-state index in [4.69, 9.17) is 56.8 Å². The van der Waals surface area contributed by atoms with E-state index in [-0.39, 0.29) is 0 Å². The maximum Gasteiger partial charge on any atom is 0.0723 e. The van der Waals surface area contributed by atoms with Crippen molar-refractivity contribution < 1.29 is 56.8 Å². The Morgan fingerprint density at radius 3 is 0.644 bits per heavy atom. The Morgan fingerprint density at radius 2 is 0.444 bits per heavy atom. The summed E-state index contributed by atoms with van der Waals surface area (Å²) < 4.78 is 66.2. The third kappa shape index (κ3) is 20.6. The van der Waals surface area contributed by atoms with Gasteiger partial charge in [0.1, 0.15) is 0 Å². The molecule has 0 unspecified atom stereocenters. The van der Waals surface area contributed by atoms with Gasteiger partial charge >= 0.3 is 0 Å². The standard InChI is InChI=1S/C33H60O12/c1-28-31(25-43-22-19-40-16-13-37-10-7-34-4)29(2)33(27-45-24-21-42-18-15-39-12-9-36-6)30(3)32(28)26-44-23-20-41-17-14-38-11-8-35-5/h7-27H2,1-6H3. The fraction of sp³-hybridized carbons (Fsp3) is 0.818. The third-order valence-electron chi connectivity index (χ3n) is 6.98. The van der Waals surface area contributed by atoms with Crippen LogP contribution in [0.3, 0.4) is 0 Å². The monoisotopic (exact) mass is 648 g/mol. The average molecular weight is 649 g/mol. The topological polar surface area (TPSA) is 111 Å². The maximum absolute atomic E-state index is 6.04. The van der Waals surface area contributed by atoms with Crippen molar-refractivity contribution in [2.24, 2.45) is 0 Å². The molecule has 1 rings (SSSR count). The molecule has 12 nitrogen and oxygen atoms in total. The van der Waals surface area contributed by atoms with Gasteiger partial charge in [-0.15, -0.1) is 0 Å². The molecule has 0 aliphatic rings. The van der Waals surface area contributed by atoms with Gasteiger partial charge in [0.2, 0.25) is 0 Å². The predicted octanol–water partition coefficient (Wildman–Crippen LogP) is 3.20. The second kappa shape index (κ2) is 30.1. The van der Waals surface area contributed by atoms with Gasteiger partial charge in [0, 0.05) is 21.3 Å². The zero-order valence-electron chi connectivity index (χ0n) is 28.7. The summed E-state index contributed by atoms with van der Waals surface area (Å²) in [6.07, 6.45) is 0. The first kappa shape index (κ1) is 41.8. The SMILES string of the molecule is COCCOCCOCCOCc1c(C)c(COCCOCCOCCOC)c(C)c(COCCOCCOCCOC)c1C. The number of benzene rings is 1. The van der Waals surface area contributed by atoms with Crippen LogP contribution < -0.4 is 0 Å². The van der Waals surface area contributed by atoms with Gasteiger partial charge < -0.3 is 56.8 Å². The average Bonchev–Trinajstić information content (AvgIpc) is 3.04. The van der Waals surface area contributed by atoms with Gasteiger partial charge in [-0.3, -0.25) is 0 Å². The molecule has 0 aliphatic carbocycles. The van der Waals surface area contributed by atoms with Gasteiger partial charge in [-0.2, -0.15) is 0 Å².